The molecule has 1 saturated carbocycles. The summed E-state index contributed by atoms with van der Waals surface area (Å²) in [5, 5.41) is 9.11. The van der Waals surface area contributed by atoms with Gasteiger partial charge in [0, 0.05) is 17.8 Å². The van der Waals surface area contributed by atoms with Gasteiger partial charge in [-0.05, 0) is 42.9 Å². The molecule has 26 heavy (non-hydrogen) atoms. The lowest BCUT2D eigenvalue weighted by Crippen LogP contribution is -2.55. The lowest BCUT2D eigenvalue weighted by atomic mass is 9.64. The third kappa shape index (κ3) is 3.35. The van der Waals surface area contributed by atoms with E-state index in [0.29, 0.717) is 42.9 Å². The topological polar surface area (TPSA) is 37.3 Å². The number of rotatable bonds is 4. The fourth-order valence-corrected chi connectivity index (χ4v) is 3.90. The number of aliphatic hydroxyl groups is 1. The predicted molar refractivity (Wildman–Crippen MR) is 83.1 cm³/mol. The van der Waals surface area contributed by atoms with Crippen molar-refractivity contribution < 1.29 is 36.2 Å². The van der Waals surface area contributed by atoms with E-state index in [1.807, 2.05) is 6.92 Å². The fraction of sp³-hybridized carbons (Fsp3) is 0.611. The van der Waals surface area contributed by atoms with Crippen LogP contribution in [0.3, 0.4) is 0 Å². The molecular weight excluding hydrogens is 362 g/mol. The zero-order valence-electron chi connectivity index (χ0n) is 14.2. The Morgan fingerprint density at radius 1 is 1.31 bits per heavy atom. The van der Waals surface area contributed by atoms with Crippen molar-refractivity contribution in [1.82, 2.24) is 0 Å². The molecule has 0 unspecified atom stereocenters. The summed E-state index contributed by atoms with van der Waals surface area (Å²) >= 11 is 0. The summed E-state index contributed by atoms with van der Waals surface area (Å²) in [5.74, 6) is -0.0916. The lowest BCUT2D eigenvalue weighted by molar-refractivity contribution is -0.347. The first-order chi connectivity index (χ1) is 11.7. The van der Waals surface area contributed by atoms with Crippen LogP contribution in [0.1, 0.15) is 39.0 Å². The van der Waals surface area contributed by atoms with Crippen LogP contribution in [0.5, 0.6) is 0 Å². The number of carbonyl (C=O) groups is 1. The molecular formula is C18H20F6O2. The number of hydrogen-bond donors (Lipinski definition) is 1. The van der Waals surface area contributed by atoms with Gasteiger partial charge < -0.3 is 5.11 Å². The van der Waals surface area contributed by atoms with Gasteiger partial charge in [-0.15, -0.1) is 0 Å². The van der Waals surface area contributed by atoms with Crippen LogP contribution in [0.4, 0.5) is 26.3 Å². The highest BCUT2D eigenvalue weighted by molar-refractivity contribution is 5.84. The van der Waals surface area contributed by atoms with Crippen molar-refractivity contribution in [3.63, 3.8) is 0 Å². The Labute approximate surface area is 147 Å². The highest BCUT2D eigenvalue weighted by atomic mass is 19.4. The van der Waals surface area contributed by atoms with Crippen molar-refractivity contribution in [3.05, 3.63) is 36.0 Å². The molecule has 2 aliphatic carbocycles. The molecule has 0 aromatic rings. The number of hydrogen-bond acceptors (Lipinski definition) is 2. The summed E-state index contributed by atoms with van der Waals surface area (Å²) in [5.41, 5.74) is -4.32. The number of fused-ring (bicyclic) bond motifs is 1. The third-order valence-corrected chi connectivity index (χ3v) is 5.42. The molecule has 8 heteroatoms. The number of Topliss-reactive ketones (excluding diaryl/α,β-unsaturated/α-hetero) is 1. The van der Waals surface area contributed by atoms with Gasteiger partial charge >= 0.3 is 12.4 Å². The van der Waals surface area contributed by atoms with E-state index in [2.05, 4.69) is 6.58 Å². The van der Waals surface area contributed by atoms with Crippen molar-refractivity contribution in [2.24, 2.45) is 11.3 Å². The van der Waals surface area contributed by atoms with E-state index in [-0.39, 0.29) is 24.2 Å². The van der Waals surface area contributed by atoms with Crippen LogP contribution in [0.25, 0.3) is 0 Å². The van der Waals surface area contributed by atoms with Crippen molar-refractivity contribution in [2.75, 3.05) is 0 Å². The van der Waals surface area contributed by atoms with Crippen LogP contribution in [-0.2, 0) is 4.79 Å². The quantitative estimate of drug-likeness (QED) is 0.546. The van der Waals surface area contributed by atoms with Gasteiger partial charge in [-0.2, -0.15) is 26.3 Å². The highest BCUT2D eigenvalue weighted by Gasteiger charge is 2.68. The first-order valence-corrected chi connectivity index (χ1v) is 8.19. The highest BCUT2D eigenvalue weighted by Crippen LogP contribution is 2.53. The van der Waals surface area contributed by atoms with Crippen molar-refractivity contribution in [1.29, 1.82) is 0 Å². The van der Waals surface area contributed by atoms with Crippen LogP contribution in [0.15, 0.2) is 36.0 Å². The first kappa shape index (κ1) is 20.7. The van der Waals surface area contributed by atoms with E-state index < -0.39 is 23.4 Å². The van der Waals surface area contributed by atoms with Crippen LogP contribution >= 0.6 is 0 Å². The van der Waals surface area contributed by atoms with Crippen molar-refractivity contribution in [2.45, 2.75) is 57.0 Å². The third-order valence-electron chi connectivity index (χ3n) is 5.42. The maximum atomic E-state index is 12.7. The minimum absolute atomic E-state index is 0.122. The maximum absolute atomic E-state index is 12.7. The summed E-state index contributed by atoms with van der Waals surface area (Å²) in [6.45, 7) is 5.65. The minimum Gasteiger partial charge on any atom is -0.370 e. The number of alkyl halides is 6. The second-order valence-corrected chi connectivity index (χ2v) is 7.12. The Bertz CT molecular complexity index is 642. The molecule has 0 radical (unpaired) electrons. The molecule has 0 heterocycles. The molecule has 0 aliphatic heterocycles. The standard InChI is InChI=1S/C18H20F6O2/c1-11(5-3-10-16(26,17(19,20)21)18(22,23)24)12-7-8-13-14(25)6-4-9-15(12,13)2/h3,7,10,13,26H,1,4-6,8-9H2,2H3/b10-3+/t13-,15+/m0/s1. The number of halogens is 6. The zero-order valence-corrected chi connectivity index (χ0v) is 14.2. The Morgan fingerprint density at radius 3 is 2.42 bits per heavy atom. The van der Waals surface area contributed by atoms with Gasteiger partial charge in [0.05, 0.1) is 0 Å². The van der Waals surface area contributed by atoms with Crippen molar-refractivity contribution in [3.8, 4) is 0 Å². The van der Waals surface area contributed by atoms with Crippen LogP contribution in [0.2, 0.25) is 0 Å². The molecule has 0 bridgehead atoms. The Balaban J connectivity index is 2.16. The summed E-state index contributed by atoms with van der Waals surface area (Å²) in [7, 11) is 0. The van der Waals surface area contributed by atoms with Crippen LogP contribution < -0.4 is 0 Å². The molecule has 1 N–H and O–H groups in total. The van der Waals surface area contributed by atoms with E-state index in [4.69, 9.17) is 5.11 Å². The molecule has 0 aromatic carbocycles. The Kier molecular flexibility index (Phi) is 5.22. The summed E-state index contributed by atoms with van der Waals surface area (Å²) in [6.07, 6.45) is -7.52. The smallest absolute Gasteiger partial charge is 0.370 e. The average Bonchev–Trinajstić information content (AvgIpc) is 2.83. The molecule has 146 valence electrons. The van der Waals surface area contributed by atoms with Gasteiger partial charge in [0.15, 0.2) is 0 Å². The molecule has 2 rings (SSSR count). The van der Waals surface area contributed by atoms with Crippen LogP contribution in [0, 0.1) is 11.3 Å². The molecule has 0 aromatic heterocycles. The lowest BCUT2D eigenvalue weighted by Gasteiger charge is -2.38. The van der Waals surface area contributed by atoms with Gasteiger partial charge in [0.25, 0.3) is 5.60 Å². The molecule has 2 nitrogen and oxygen atoms in total. The van der Waals surface area contributed by atoms with E-state index >= 15 is 0 Å². The fourth-order valence-electron chi connectivity index (χ4n) is 3.90. The predicted octanol–water partition coefficient (Wildman–Crippen LogP) is 5.05. The van der Waals surface area contributed by atoms with Gasteiger partial charge in [-0.25, -0.2) is 0 Å². The Morgan fingerprint density at radius 2 is 1.88 bits per heavy atom. The summed E-state index contributed by atoms with van der Waals surface area (Å²) in [4.78, 5) is 12.1. The monoisotopic (exact) mass is 382 g/mol. The van der Waals surface area contributed by atoms with E-state index in [1.54, 1.807) is 6.08 Å². The van der Waals surface area contributed by atoms with Gasteiger partial charge in [0.1, 0.15) is 5.78 Å². The molecule has 0 spiro atoms. The largest absolute Gasteiger partial charge is 0.429 e. The molecule has 2 aliphatic rings. The number of carbonyl (C=O) groups excluding carboxylic acids is 1. The minimum atomic E-state index is -5.89. The second-order valence-electron chi connectivity index (χ2n) is 7.12. The molecule has 0 amide bonds. The SMILES string of the molecule is C=C(C/C=C/C(O)(C(F)(F)F)C(F)(F)F)C1=CC[C@H]2C(=O)CCC[C@]12C. The van der Waals surface area contributed by atoms with E-state index in [0.717, 1.165) is 0 Å². The first-order valence-electron chi connectivity index (χ1n) is 8.19. The maximum Gasteiger partial charge on any atom is 0.429 e. The van der Waals surface area contributed by atoms with Gasteiger partial charge in [-0.3, -0.25) is 4.79 Å². The summed E-state index contributed by atoms with van der Waals surface area (Å²) in [6, 6.07) is 0. The summed E-state index contributed by atoms with van der Waals surface area (Å²) < 4.78 is 76.0. The number of ketones is 1. The van der Waals surface area contributed by atoms with E-state index in [9.17, 15) is 31.1 Å². The Hall–Kier alpha value is -1.57. The normalized spacial score (nSPS) is 27.6. The van der Waals surface area contributed by atoms with Crippen molar-refractivity contribution >= 4 is 5.78 Å². The van der Waals surface area contributed by atoms with E-state index in [1.165, 1.54) is 0 Å². The zero-order chi connectivity index (χ0) is 20.0. The van der Waals surface area contributed by atoms with Gasteiger partial charge in [0.2, 0.25) is 0 Å². The molecule has 2 atom stereocenters. The molecule has 1 fully saturated rings. The molecule has 0 saturated heterocycles. The number of allylic oxidation sites excluding steroid dienone is 4. The average molecular weight is 382 g/mol. The van der Waals surface area contributed by atoms with Gasteiger partial charge in [-0.1, -0.05) is 25.7 Å². The van der Waals surface area contributed by atoms with Crippen LogP contribution in [-0.4, -0.2) is 28.8 Å². The second kappa shape index (κ2) is 6.55.